The van der Waals surface area contributed by atoms with Crippen molar-refractivity contribution in [1.29, 1.82) is 0 Å². The quantitative estimate of drug-likeness (QED) is 0.593. The Balaban J connectivity index is 1.84. The largest absolute Gasteiger partial charge is 0.386 e. The van der Waals surface area contributed by atoms with Gasteiger partial charge in [0.2, 0.25) is 0 Å². The highest BCUT2D eigenvalue weighted by Gasteiger charge is 2.21. The summed E-state index contributed by atoms with van der Waals surface area (Å²) in [5.74, 6) is -0.409. The van der Waals surface area contributed by atoms with Crippen LogP contribution in [0.4, 0.5) is 0 Å². The predicted octanol–water partition coefficient (Wildman–Crippen LogP) is 2.50. The topological polar surface area (TPSA) is 93.8 Å². The van der Waals surface area contributed by atoms with Gasteiger partial charge < -0.3 is 4.84 Å². The molecule has 1 aromatic carbocycles. The molecule has 0 fully saturated rings. The maximum absolute atomic E-state index is 11.8. The number of nitrogens with one attached hydrogen (secondary N) is 1. The summed E-state index contributed by atoms with van der Waals surface area (Å²) >= 11 is 5.80. The van der Waals surface area contributed by atoms with Crippen molar-refractivity contribution in [3.8, 4) is 0 Å². The first kappa shape index (κ1) is 19.6. The first-order valence-corrected chi connectivity index (χ1v) is 8.31. The molecule has 0 aliphatic heterocycles. The van der Waals surface area contributed by atoms with E-state index in [1.54, 1.807) is 35.3 Å². The normalized spacial score (nSPS) is 12.4. The lowest BCUT2D eigenvalue weighted by Gasteiger charge is -2.20. The van der Waals surface area contributed by atoms with Crippen LogP contribution in [0.1, 0.15) is 26.3 Å². The van der Waals surface area contributed by atoms with Crippen LogP contribution < -0.4 is 5.43 Å². The molecule has 1 amide bonds. The van der Waals surface area contributed by atoms with Crippen LogP contribution in [0.3, 0.4) is 0 Å². The molecule has 1 aromatic heterocycles. The second-order valence-electron chi connectivity index (χ2n) is 6.50. The predicted molar refractivity (Wildman–Crippen MR) is 100 cm³/mol. The van der Waals surface area contributed by atoms with Crippen LogP contribution in [0.25, 0.3) is 0 Å². The van der Waals surface area contributed by atoms with E-state index in [1.807, 2.05) is 20.8 Å². The standard InChI is InChI=1S/C17H21ClN6O2/c1-17(2,3)15(9-24-12-19-11-21-24)23-26-10-16(25)22-20-8-13-4-6-14(18)7-5-13/h4-8,11-12H,9-10H2,1-3H3,(H,22,25)/b20-8+,23-15+. The number of hydrogen-bond donors (Lipinski definition) is 1. The molecule has 1 heterocycles. The molecule has 0 atom stereocenters. The molecule has 0 aliphatic carbocycles. The molecule has 0 aliphatic rings. The molecule has 0 unspecified atom stereocenters. The Labute approximate surface area is 156 Å². The van der Waals surface area contributed by atoms with Gasteiger partial charge in [-0.1, -0.05) is 49.7 Å². The van der Waals surface area contributed by atoms with Gasteiger partial charge in [-0.2, -0.15) is 10.2 Å². The van der Waals surface area contributed by atoms with Gasteiger partial charge in [-0.3, -0.25) is 4.79 Å². The Morgan fingerprint density at radius 2 is 2.08 bits per heavy atom. The Morgan fingerprint density at radius 3 is 2.69 bits per heavy atom. The maximum Gasteiger partial charge on any atom is 0.280 e. The van der Waals surface area contributed by atoms with E-state index < -0.39 is 5.91 Å². The van der Waals surface area contributed by atoms with Crippen molar-refractivity contribution in [3.05, 3.63) is 47.5 Å². The minimum absolute atomic E-state index is 0.241. The summed E-state index contributed by atoms with van der Waals surface area (Å²) in [7, 11) is 0. The fraction of sp³-hybridized carbons (Fsp3) is 0.353. The van der Waals surface area contributed by atoms with E-state index in [9.17, 15) is 4.79 Å². The summed E-state index contributed by atoms with van der Waals surface area (Å²) in [5.41, 5.74) is 3.69. The minimum Gasteiger partial charge on any atom is -0.386 e. The SMILES string of the molecule is CC(C)(C)/C(Cn1cncn1)=N/OCC(=O)N/N=C/c1ccc(Cl)cc1. The molecule has 0 radical (unpaired) electrons. The Hall–Kier alpha value is -2.74. The molecule has 9 heteroatoms. The van der Waals surface area contributed by atoms with Crippen molar-refractivity contribution in [2.75, 3.05) is 6.61 Å². The molecule has 0 spiro atoms. The van der Waals surface area contributed by atoms with E-state index in [-0.39, 0.29) is 12.0 Å². The summed E-state index contributed by atoms with van der Waals surface area (Å²) in [6.45, 7) is 6.20. The van der Waals surface area contributed by atoms with E-state index in [4.69, 9.17) is 16.4 Å². The number of carbonyl (C=O) groups is 1. The number of amides is 1. The average Bonchev–Trinajstić information content (AvgIpc) is 3.08. The van der Waals surface area contributed by atoms with E-state index in [0.717, 1.165) is 11.3 Å². The third kappa shape index (κ3) is 6.64. The number of rotatable bonds is 7. The summed E-state index contributed by atoms with van der Waals surface area (Å²) < 4.78 is 1.64. The van der Waals surface area contributed by atoms with Crippen LogP contribution in [0.2, 0.25) is 5.02 Å². The minimum atomic E-state index is -0.409. The van der Waals surface area contributed by atoms with Gasteiger partial charge >= 0.3 is 0 Å². The lowest BCUT2D eigenvalue weighted by atomic mass is 9.90. The molecule has 8 nitrogen and oxygen atoms in total. The lowest BCUT2D eigenvalue weighted by Crippen LogP contribution is -2.27. The van der Waals surface area contributed by atoms with Gasteiger partial charge in [0.25, 0.3) is 5.91 Å². The van der Waals surface area contributed by atoms with Crippen molar-refractivity contribution in [3.63, 3.8) is 0 Å². The highest BCUT2D eigenvalue weighted by Crippen LogP contribution is 2.17. The van der Waals surface area contributed by atoms with Crippen LogP contribution in [-0.2, 0) is 16.2 Å². The van der Waals surface area contributed by atoms with Crippen molar-refractivity contribution >= 4 is 29.4 Å². The number of benzene rings is 1. The molecule has 2 rings (SSSR count). The fourth-order valence-electron chi connectivity index (χ4n) is 1.80. The van der Waals surface area contributed by atoms with Crippen LogP contribution in [0, 0.1) is 5.41 Å². The van der Waals surface area contributed by atoms with Crippen LogP contribution in [0.15, 0.2) is 47.2 Å². The first-order valence-electron chi connectivity index (χ1n) is 7.94. The average molecular weight is 377 g/mol. The van der Waals surface area contributed by atoms with Gasteiger partial charge in [-0.25, -0.2) is 15.1 Å². The second kappa shape index (κ2) is 9.10. The number of nitrogens with zero attached hydrogens (tertiary/aromatic N) is 5. The number of halogens is 1. The summed E-state index contributed by atoms with van der Waals surface area (Å²) in [4.78, 5) is 20.8. The zero-order valence-electron chi connectivity index (χ0n) is 14.9. The Kier molecular flexibility index (Phi) is 6.85. The van der Waals surface area contributed by atoms with Crippen LogP contribution in [0.5, 0.6) is 0 Å². The summed E-state index contributed by atoms with van der Waals surface area (Å²) in [6.07, 6.45) is 4.56. The fourth-order valence-corrected chi connectivity index (χ4v) is 1.93. The van der Waals surface area contributed by atoms with E-state index in [1.165, 1.54) is 12.5 Å². The van der Waals surface area contributed by atoms with E-state index >= 15 is 0 Å². The van der Waals surface area contributed by atoms with E-state index in [2.05, 4.69) is 25.8 Å². The Bertz CT molecular complexity index is 764. The molecule has 138 valence electrons. The number of carbonyl (C=O) groups excluding carboxylic acids is 1. The first-order chi connectivity index (χ1) is 12.3. The second-order valence-corrected chi connectivity index (χ2v) is 6.94. The van der Waals surface area contributed by atoms with Crippen LogP contribution >= 0.6 is 11.6 Å². The van der Waals surface area contributed by atoms with Gasteiger partial charge in [0.15, 0.2) is 6.61 Å². The molecular formula is C17H21ClN6O2. The third-order valence-electron chi connectivity index (χ3n) is 3.29. The van der Waals surface area contributed by atoms with Gasteiger partial charge in [-0.15, -0.1) is 0 Å². The van der Waals surface area contributed by atoms with E-state index in [0.29, 0.717) is 11.6 Å². The van der Waals surface area contributed by atoms with Gasteiger partial charge in [0.1, 0.15) is 12.7 Å². The van der Waals surface area contributed by atoms with Crippen molar-refractivity contribution in [1.82, 2.24) is 20.2 Å². The number of oxime groups is 1. The van der Waals surface area contributed by atoms with Crippen molar-refractivity contribution < 1.29 is 9.63 Å². The molecule has 0 saturated carbocycles. The zero-order valence-corrected chi connectivity index (χ0v) is 15.6. The molecule has 0 bridgehead atoms. The van der Waals surface area contributed by atoms with Crippen molar-refractivity contribution in [2.24, 2.45) is 15.7 Å². The smallest absolute Gasteiger partial charge is 0.280 e. The zero-order chi connectivity index (χ0) is 19.0. The molecule has 26 heavy (non-hydrogen) atoms. The number of hydrazone groups is 1. The van der Waals surface area contributed by atoms with Crippen molar-refractivity contribution in [2.45, 2.75) is 27.3 Å². The maximum atomic E-state index is 11.8. The van der Waals surface area contributed by atoms with Gasteiger partial charge in [0.05, 0.1) is 18.5 Å². The molecule has 0 saturated heterocycles. The number of aromatic nitrogens is 3. The summed E-state index contributed by atoms with van der Waals surface area (Å²) in [6, 6.07) is 7.06. The Morgan fingerprint density at radius 1 is 1.35 bits per heavy atom. The molecule has 2 aromatic rings. The monoisotopic (exact) mass is 376 g/mol. The highest BCUT2D eigenvalue weighted by molar-refractivity contribution is 6.30. The highest BCUT2D eigenvalue weighted by atomic mass is 35.5. The number of hydrogen-bond acceptors (Lipinski definition) is 6. The summed E-state index contributed by atoms with van der Waals surface area (Å²) in [5, 5.41) is 12.6. The van der Waals surface area contributed by atoms with Gasteiger partial charge in [-0.05, 0) is 17.7 Å². The van der Waals surface area contributed by atoms with Gasteiger partial charge in [0, 0.05) is 10.4 Å². The van der Waals surface area contributed by atoms with Crippen LogP contribution in [-0.4, -0.2) is 39.2 Å². The lowest BCUT2D eigenvalue weighted by molar-refractivity contribution is -0.125. The third-order valence-corrected chi connectivity index (χ3v) is 3.54. The molecular weight excluding hydrogens is 356 g/mol. The molecule has 1 N–H and O–H groups in total.